The fourth-order valence-electron chi connectivity index (χ4n) is 4.41. The molecule has 2 N–H and O–H groups in total. The molecular formula is C16H26N2S. The van der Waals surface area contributed by atoms with E-state index in [1.807, 2.05) is 11.7 Å². The summed E-state index contributed by atoms with van der Waals surface area (Å²) in [5.74, 6) is 1.65. The normalized spacial score (nSPS) is 33.4. The Hall–Kier alpha value is -0.410. The molecule has 0 bridgehead atoms. The molecule has 0 aromatic carbocycles. The Labute approximate surface area is 120 Å². The van der Waals surface area contributed by atoms with Crippen molar-refractivity contribution in [3.63, 3.8) is 0 Å². The summed E-state index contributed by atoms with van der Waals surface area (Å²) in [6, 6.07) is 0. The number of hydrogen-bond donors (Lipinski definition) is 1. The Balaban J connectivity index is 1.75. The standard InChI is InChI=1S/C16H26N2S/c17-16(10-14-11-18-12-19-14)9-5-4-8-15(16)13-6-2-1-3-7-13/h11-13,15H,1-10,17H2. The summed E-state index contributed by atoms with van der Waals surface area (Å²) in [7, 11) is 0. The van der Waals surface area contributed by atoms with E-state index in [0.29, 0.717) is 0 Å². The van der Waals surface area contributed by atoms with E-state index in [-0.39, 0.29) is 5.54 Å². The fraction of sp³-hybridized carbons (Fsp3) is 0.812. The lowest BCUT2D eigenvalue weighted by molar-refractivity contribution is 0.100. The molecule has 19 heavy (non-hydrogen) atoms. The molecule has 0 radical (unpaired) electrons. The van der Waals surface area contributed by atoms with E-state index >= 15 is 0 Å². The van der Waals surface area contributed by atoms with Crippen LogP contribution < -0.4 is 5.73 Å². The van der Waals surface area contributed by atoms with Crippen LogP contribution in [0.2, 0.25) is 0 Å². The minimum atomic E-state index is 0.0484. The van der Waals surface area contributed by atoms with E-state index in [9.17, 15) is 0 Å². The number of hydrogen-bond acceptors (Lipinski definition) is 3. The number of thiazole rings is 1. The van der Waals surface area contributed by atoms with E-state index in [1.54, 1.807) is 11.3 Å². The number of nitrogens with two attached hydrogens (primary N) is 1. The first-order valence-electron chi connectivity index (χ1n) is 7.94. The lowest BCUT2D eigenvalue weighted by Gasteiger charge is -2.46. The van der Waals surface area contributed by atoms with Gasteiger partial charge < -0.3 is 5.73 Å². The lowest BCUT2D eigenvalue weighted by Crippen LogP contribution is -2.53. The topological polar surface area (TPSA) is 38.9 Å². The van der Waals surface area contributed by atoms with Crippen LogP contribution in [0.3, 0.4) is 0 Å². The van der Waals surface area contributed by atoms with Gasteiger partial charge in [-0.2, -0.15) is 0 Å². The van der Waals surface area contributed by atoms with Crippen molar-refractivity contribution in [2.75, 3.05) is 0 Å². The zero-order chi connectivity index (χ0) is 13.1. The molecular weight excluding hydrogens is 252 g/mol. The Morgan fingerprint density at radius 2 is 1.95 bits per heavy atom. The fourth-order valence-corrected chi connectivity index (χ4v) is 5.14. The SMILES string of the molecule is NC1(Cc2cncs2)CCCCC1C1CCCCC1. The third-order valence-corrected chi connectivity index (χ3v) is 6.13. The molecule has 0 spiro atoms. The van der Waals surface area contributed by atoms with E-state index in [4.69, 9.17) is 5.73 Å². The second-order valence-electron chi connectivity index (χ2n) is 6.63. The highest BCUT2D eigenvalue weighted by molar-refractivity contribution is 7.09. The van der Waals surface area contributed by atoms with Crippen molar-refractivity contribution in [2.45, 2.75) is 69.7 Å². The van der Waals surface area contributed by atoms with Gasteiger partial charge in [0.1, 0.15) is 0 Å². The van der Waals surface area contributed by atoms with Gasteiger partial charge in [-0.25, -0.2) is 0 Å². The van der Waals surface area contributed by atoms with Crippen LogP contribution in [0.1, 0.15) is 62.7 Å². The van der Waals surface area contributed by atoms with Crippen molar-refractivity contribution in [2.24, 2.45) is 17.6 Å². The summed E-state index contributed by atoms with van der Waals surface area (Å²) in [6.07, 6.45) is 15.5. The van der Waals surface area contributed by atoms with Crippen molar-refractivity contribution in [3.8, 4) is 0 Å². The van der Waals surface area contributed by atoms with Gasteiger partial charge in [0, 0.05) is 23.0 Å². The Morgan fingerprint density at radius 3 is 2.68 bits per heavy atom. The van der Waals surface area contributed by atoms with Crippen molar-refractivity contribution in [1.82, 2.24) is 4.98 Å². The Kier molecular flexibility index (Phi) is 4.23. The molecule has 2 saturated carbocycles. The molecule has 2 fully saturated rings. The molecule has 3 heteroatoms. The molecule has 3 rings (SSSR count). The van der Waals surface area contributed by atoms with Gasteiger partial charge in [0.2, 0.25) is 0 Å². The molecule has 2 nitrogen and oxygen atoms in total. The summed E-state index contributed by atoms with van der Waals surface area (Å²) >= 11 is 1.77. The van der Waals surface area contributed by atoms with Crippen LogP contribution in [-0.4, -0.2) is 10.5 Å². The highest BCUT2D eigenvalue weighted by atomic mass is 32.1. The van der Waals surface area contributed by atoms with Gasteiger partial charge >= 0.3 is 0 Å². The van der Waals surface area contributed by atoms with Crippen molar-refractivity contribution in [3.05, 3.63) is 16.6 Å². The molecule has 2 aliphatic rings. The van der Waals surface area contributed by atoms with Crippen LogP contribution in [0.25, 0.3) is 0 Å². The second-order valence-corrected chi connectivity index (χ2v) is 7.60. The maximum absolute atomic E-state index is 6.90. The van der Waals surface area contributed by atoms with Gasteiger partial charge in [-0.15, -0.1) is 11.3 Å². The van der Waals surface area contributed by atoms with E-state index in [1.165, 1.54) is 62.7 Å². The van der Waals surface area contributed by atoms with E-state index in [0.717, 1.165) is 18.3 Å². The van der Waals surface area contributed by atoms with Gasteiger partial charge in [0.25, 0.3) is 0 Å². The number of nitrogens with zero attached hydrogens (tertiary/aromatic N) is 1. The predicted molar refractivity (Wildman–Crippen MR) is 81.3 cm³/mol. The zero-order valence-electron chi connectivity index (χ0n) is 11.8. The summed E-state index contributed by atoms with van der Waals surface area (Å²) in [6.45, 7) is 0. The van der Waals surface area contributed by atoms with Crippen molar-refractivity contribution in [1.29, 1.82) is 0 Å². The number of aromatic nitrogens is 1. The largest absolute Gasteiger partial charge is 0.325 e. The minimum Gasteiger partial charge on any atom is -0.325 e. The van der Waals surface area contributed by atoms with Crippen molar-refractivity contribution < 1.29 is 0 Å². The molecule has 2 atom stereocenters. The highest BCUT2D eigenvalue weighted by Crippen LogP contribution is 2.44. The summed E-state index contributed by atoms with van der Waals surface area (Å²) in [4.78, 5) is 5.60. The molecule has 2 unspecified atom stereocenters. The third-order valence-electron chi connectivity index (χ3n) is 5.35. The molecule has 2 aliphatic carbocycles. The van der Waals surface area contributed by atoms with Crippen LogP contribution in [0.5, 0.6) is 0 Å². The summed E-state index contributed by atoms with van der Waals surface area (Å²) in [5.41, 5.74) is 8.89. The highest BCUT2D eigenvalue weighted by Gasteiger charge is 2.41. The minimum absolute atomic E-state index is 0.0484. The monoisotopic (exact) mass is 278 g/mol. The van der Waals surface area contributed by atoms with Crippen molar-refractivity contribution >= 4 is 11.3 Å². The summed E-state index contributed by atoms with van der Waals surface area (Å²) < 4.78 is 0. The van der Waals surface area contributed by atoms with Gasteiger partial charge in [-0.1, -0.05) is 44.9 Å². The molecule has 106 valence electrons. The first-order chi connectivity index (χ1) is 9.28. The molecule has 1 heterocycles. The molecule has 0 amide bonds. The average Bonchev–Trinajstić information content (AvgIpc) is 2.92. The second kappa shape index (κ2) is 5.92. The number of rotatable bonds is 3. The molecule has 0 aliphatic heterocycles. The van der Waals surface area contributed by atoms with Gasteiger partial charge in [0.05, 0.1) is 5.51 Å². The van der Waals surface area contributed by atoms with E-state index in [2.05, 4.69) is 4.98 Å². The average molecular weight is 278 g/mol. The van der Waals surface area contributed by atoms with Gasteiger partial charge in [-0.05, 0) is 24.7 Å². The lowest BCUT2D eigenvalue weighted by atomic mass is 9.63. The van der Waals surface area contributed by atoms with Crippen LogP contribution in [-0.2, 0) is 6.42 Å². The Bertz CT molecular complexity index is 383. The Morgan fingerprint density at radius 1 is 1.16 bits per heavy atom. The maximum Gasteiger partial charge on any atom is 0.0794 e. The summed E-state index contributed by atoms with van der Waals surface area (Å²) in [5, 5.41) is 0. The molecule has 0 saturated heterocycles. The van der Waals surface area contributed by atoms with Gasteiger partial charge in [-0.3, -0.25) is 4.98 Å². The van der Waals surface area contributed by atoms with Crippen LogP contribution in [0, 0.1) is 11.8 Å². The van der Waals surface area contributed by atoms with Crippen LogP contribution >= 0.6 is 11.3 Å². The third kappa shape index (κ3) is 3.03. The van der Waals surface area contributed by atoms with Crippen LogP contribution in [0.4, 0.5) is 0 Å². The maximum atomic E-state index is 6.90. The zero-order valence-corrected chi connectivity index (χ0v) is 12.6. The van der Waals surface area contributed by atoms with Gasteiger partial charge in [0.15, 0.2) is 0 Å². The van der Waals surface area contributed by atoms with E-state index < -0.39 is 0 Å². The first kappa shape index (κ1) is 13.6. The molecule has 1 aromatic heterocycles. The first-order valence-corrected chi connectivity index (χ1v) is 8.82. The predicted octanol–water partition coefficient (Wildman–Crippen LogP) is 4.15. The van der Waals surface area contributed by atoms with Crippen LogP contribution in [0.15, 0.2) is 11.7 Å². The smallest absolute Gasteiger partial charge is 0.0794 e. The molecule has 1 aromatic rings. The quantitative estimate of drug-likeness (QED) is 0.902.